The van der Waals surface area contributed by atoms with Crippen LogP contribution in [0.15, 0.2) is 53.0 Å². The fourth-order valence-electron chi connectivity index (χ4n) is 1.70. The number of anilines is 2. The number of benzene rings is 2. The normalized spacial score (nSPS) is 10.2. The van der Waals surface area contributed by atoms with Crippen molar-refractivity contribution in [1.82, 2.24) is 0 Å². The molecule has 0 aromatic heterocycles. The van der Waals surface area contributed by atoms with Crippen LogP contribution in [-0.2, 0) is 6.42 Å². The molecule has 2 aromatic carbocycles. The molecule has 3 heteroatoms. The Morgan fingerprint density at radius 2 is 1.71 bits per heavy atom. The van der Waals surface area contributed by atoms with Gasteiger partial charge < -0.3 is 11.1 Å². The average molecular weight is 291 g/mol. The predicted octanol–water partition coefficient (Wildman–Crippen LogP) is 3.69. The van der Waals surface area contributed by atoms with Crippen molar-refractivity contribution >= 4 is 27.3 Å². The molecule has 0 fully saturated rings. The molecule has 0 aliphatic carbocycles. The number of nitrogen functional groups attached to an aromatic ring is 1. The second-order valence-electron chi connectivity index (χ2n) is 3.86. The zero-order valence-corrected chi connectivity index (χ0v) is 11.1. The van der Waals surface area contributed by atoms with Crippen molar-refractivity contribution in [3.05, 3.63) is 58.6 Å². The third-order valence-electron chi connectivity index (χ3n) is 2.64. The van der Waals surface area contributed by atoms with E-state index in [4.69, 9.17) is 5.73 Å². The second-order valence-corrected chi connectivity index (χ2v) is 4.71. The minimum absolute atomic E-state index is 0.862. The summed E-state index contributed by atoms with van der Waals surface area (Å²) in [6, 6.07) is 16.1. The van der Waals surface area contributed by atoms with Gasteiger partial charge in [-0.2, -0.15) is 0 Å². The quantitative estimate of drug-likeness (QED) is 0.843. The van der Waals surface area contributed by atoms with Gasteiger partial charge in [-0.15, -0.1) is 0 Å². The Morgan fingerprint density at radius 3 is 2.47 bits per heavy atom. The molecule has 0 amide bonds. The fraction of sp³-hybridized carbons (Fsp3) is 0.143. The lowest BCUT2D eigenvalue weighted by atomic mass is 10.1. The standard InChI is InChI=1S/C14H15BrN2/c15-12-6-2-4-8-14(12)17-10-9-11-5-1-3-7-13(11)16/h1-8,17H,9-10,16H2. The maximum Gasteiger partial charge on any atom is 0.0484 e. The summed E-state index contributed by atoms with van der Waals surface area (Å²) in [4.78, 5) is 0. The molecule has 0 unspecified atom stereocenters. The second kappa shape index (κ2) is 5.73. The van der Waals surface area contributed by atoms with Gasteiger partial charge in [0.15, 0.2) is 0 Å². The van der Waals surface area contributed by atoms with Crippen molar-refractivity contribution in [3.63, 3.8) is 0 Å². The van der Waals surface area contributed by atoms with Crippen molar-refractivity contribution in [1.29, 1.82) is 0 Å². The first-order valence-corrected chi connectivity index (χ1v) is 6.38. The Kier molecular flexibility index (Phi) is 4.04. The van der Waals surface area contributed by atoms with Crippen LogP contribution in [0.25, 0.3) is 0 Å². The summed E-state index contributed by atoms with van der Waals surface area (Å²) < 4.78 is 1.08. The van der Waals surface area contributed by atoms with Crippen LogP contribution in [0.2, 0.25) is 0 Å². The molecule has 2 nitrogen and oxygen atoms in total. The van der Waals surface area contributed by atoms with E-state index in [-0.39, 0.29) is 0 Å². The SMILES string of the molecule is Nc1ccccc1CCNc1ccccc1Br. The summed E-state index contributed by atoms with van der Waals surface area (Å²) in [5.41, 5.74) is 9.06. The Labute approximate surface area is 110 Å². The van der Waals surface area contributed by atoms with Gasteiger partial charge in [0.05, 0.1) is 0 Å². The molecule has 0 bridgehead atoms. The van der Waals surface area contributed by atoms with Crippen LogP contribution >= 0.6 is 15.9 Å². The summed E-state index contributed by atoms with van der Waals surface area (Å²) in [7, 11) is 0. The minimum atomic E-state index is 0.862. The van der Waals surface area contributed by atoms with Crippen LogP contribution in [0.4, 0.5) is 11.4 Å². The largest absolute Gasteiger partial charge is 0.399 e. The minimum Gasteiger partial charge on any atom is -0.399 e. The summed E-state index contributed by atoms with van der Waals surface area (Å²) in [6.07, 6.45) is 0.925. The van der Waals surface area contributed by atoms with Crippen molar-refractivity contribution in [2.75, 3.05) is 17.6 Å². The molecule has 0 saturated carbocycles. The third-order valence-corrected chi connectivity index (χ3v) is 3.33. The van der Waals surface area contributed by atoms with Gasteiger partial charge in [-0.1, -0.05) is 30.3 Å². The number of halogens is 1. The molecule has 17 heavy (non-hydrogen) atoms. The zero-order valence-electron chi connectivity index (χ0n) is 9.49. The van der Waals surface area contributed by atoms with Gasteiger partial charge in [-0.25, -0.2) is 0 Å². The van der Waals surface area contributed by atoms with Crippen LogP contribution in [0, 0.1) is 0 Å². The molecule has 0 aliphatic heterocycles. The number of hydrogen-bond donors (Lipinski definition) is 2. The van der Waals surface area contributed by atoms with Crippen molar-refractivity contribution in [2.24, 2.45) is 0 Å². The van der Waals surface area contributed by atoms with E-state index in [1.165, 1.54) is 5.56 Å². The Morgan fingerprint density at radius 1 is 1.00 bits per heavy atom. The number of nitrogens with two attached hydrogens (primary N) is 1. The number of rotatable bonds is 4. The van der Waals surface area contributed by atoms with Crippen LogP contribution in [0.5, 0.6) is 0 Å². The van der Waals surface area contributed by atoms with Gasteiger partial charge in [0.2, 0.25) is 0 Å². The summed E-state index contributed by atoms with van der Waals surface area (Å²) in [5.74, 6) is 0. The van der Waals surface area contributed by atoms with E-state index >= 15 is 0 Å². The van der Waals surface area contributed by atoms with Crippen molar-refractivity contribution in [2.45, 2.75) is 6.42 Å². The number of para-hydroxylation sites is 2. The highest BCUT2D eigenvalue weighted by Crippen LogP contribution is 2.21. The average Bonchev–Trinajstić information content (AvgIpc) is 2.34. The van der Waals surface area contributed by atoms with Crippen molar-refractivity contribution < 1.29 is 0 Å². The van der Waals surface area contributed by atoms with Gasteiger partial charge in [0, 0.05) is 22.4 Å². The summed E-state index contributed by atoms with van der Waals surface area (Å²) >= 11 is 3.51. The maximum atomic E-state index is 5.89. The van der Waals surface area contributed by atoms with E-state index in [0.29, 0.717) is 0 Å². The van der Waals surface area contributed by atoms with Gasteiger partial charge in [-0.3, -0.25) is 0 Å². The van der Waals surface area contributed by atoms with Gasteiger partial charge in [-0.05, 0) is 46.1 Å². The van der Waals surface area contributed by atoms with Crippen LogP contribution in [0.3, 0.4) is 0 Å². The molecule has 0 saturated heterocycles. The van der Waals surface area contributed by atoms with E-state index in [9.17, 15) is 0 Å². The van der Waals surface area contributed by atoms with E-state index in [1.54, 1.807) is 0 Å². The van der Waals surface area contributed by atoms with Crippen molar-refractivity contribution in [3.8, 4) is 0 Å². The molecule has 88 valence electrons. The fourth-order valence-corrected chi connectivity index (χ4v) is 2.12. The Balaban J connectivity index is 1.93. The number of hydrogen-bond acceptors (Lipinski definition) is 2. The van der Waals surface area contributed by atoms with Crippen LogP contribution < -0.4 is 11.1 Å². The molecule has 0 radical (unpaired) electrons. The highest BCUT2D eigenvalue weighted by atomic mass is 79.9. The molecule has 2 rings (SSSR count). The molecule has 0 heterocycles. The molecule has 0 spiro atoms. The molecule has 3 N–H and O–H groups in total. The topological polar surface area (TPSA) is 38.0 Å². The van der Waals surface area contributed by atoms with E-state index in [0.717, 1.165) is 28.8 Å². The first-order valence-electron chi connectivity index (χ1n) is 5.59. The third kappa shape index (κ3) is 3.24. The van der Waals surface area contributed by atoms with Gasteiger partial charge in [0.1, 0.15) is 0 Å². The highest BCUT2D eigenvalue weighted by Gasteiger charge is 1.99. The highest BCUT2D eigenvalue weighted by molar-refractivity contribution is 9.10. The molecule has 0 atom stereocenters. The summed E-state index contributed by atoms with van der Waals surface area (Å²) in [5, 5.41) is 3.39. The molecule has 0 aliphatic rings. The van der Waals surface area contributed by atoms with Crippen LogP contribution in [0.1, 0.15) is 5.56 Å². The maximum absolute atomic E-state index is 5.89. The van der Waals surface area contributed by atoms with E-state index in [2.05, 4.69) is 33.4 Å². The zero-order chi connectivity index (χ0) is 12.1. The number of nitrogens with one attached hydrogen (secondary N) is 1. The van der Waals surface area contributed by atoms with Crippen LogP contribution in [-0.4, -0.2) is 6.54 Å². The smallest absolute Gasteiger partial charge is 0.0484 e. The summed E-state index contributed by atoms with van der Waals surface area (Å²) in [6.45, 7) is 0.872. The lowest BCUT2D eigenvalue weighted by Crippen LogP contribution is -2.06. The van der Waals surface area contributed by atoms with E-state index in [1.807, 2.05) is 36.4 Å². The molecular weight excluding hydrogens is 276 g/mol. The Hall–Kier alpha value is -1.48. The lowest BCUT2D eigenvalue weighted by Gasteiger charge is -2.09. The van der Waals surface area contributed by atoms with Gasteiger partial charge in [0.25, 0.3) is 0 Å². The van der Waals surface area contributed by atoms with Gasteiger partial charge >= 0.3 is 0 Å². The monoisotopic (exact) mass is 290 g/mol. The predicted molar refractivity (Wildman–Crippen MR) is 77.2 cm³/mol. The Bertz CT molecular complexity index is 452. The van der Waals surface area contributed by atoms with E-state index < -0.39 is 0 Å². The molecular formula is C14H15BrN2. The lowest BCUT2D eigenvalue weighted by molar-refractivity contribution is 1.02. The first kappa shape index (κ1) is 12.0. The first-order chi connectivity index (χ1) is 8.27. The molecule has 2 aromatic rings.